The van der Waals surface area contributed by atoms with Gasteiger partial charge in [0.25, 0.3) is 0 Å². The summed E-state index contributed by atoms with van der Waals surface area (Å²) >= 11 is 0. The zero-order valence-electron chi connectivity index (χ0n) is 9.33. The highest BCUT2D eigenvalue weighted by molar-refractivity contribution is 5.90. The SMILES string of the molecule is Cc1cn(-c2cccnc2)c2ncnc(N)c12. The zero-order chi connectivity index (χ0) is 11.8. The second-order valence-electron chi connectivity index (χ2n) is 3.85. The van der Waals surface area contributed by atoms with E-state index in [9.17, 15) is 0 Å². The molecule has 0 radical (unpaired) electrons. The lowest BCUT2D eigenvalue weighted by molar-refractivity contribution is 1.06. The molecule has 3 heterocycles. The van der Waals surface area contributed by atoms with Gasteiger partial charge in [-0.2, -0.15) is 0 Å². The third-order valence-electron chi connectivity index (χ3n) is 2.73. The summed E-state index contributed by atoms with van der Waals surface area (Å²) < 4.78 is 1.97. The molecule has 0 atom stereocenters. The van der Waals surface area contributed by atoms with Crippen LogP contribution in [0.1, 0.15) is 5.56 Å². The Hall–Kier alpha value is -2.43. The van der Waals surface area contributed by atoms with Gasteiger partial charge >= 0.3 is 0 Å². The van der Waals surface area contributed by atoms with Crippen molar-refractivity contribution in [3.05, 3.63) is 42.6 Å². The highest BCUT2D eigenvalue weighted by Crippen LogP contribution is 2.25. The molecule has 5 heteroatoms. The Labute approximate surface area is 98.0 Å². The fraction of sp³-hybridized carbons (Fsp3) is 0.0833. The van der Waals surface area contributed by atoms with Crippen molar-refractivity contribution in [2.75, 3.05) is 5.73 Å². The summed E-state index contributed by atoms with van der Waals surface area (Å²) in [6.45, 7) is 1.99. The topological polar surface area (TPSA) is 69.6 Å². The predicted octanol–water partition coefficient (Wildman–Crippen LogP) is 1.71. The van der Waals surface area contributed by atoms with Crippen molar-refractivity contribution >= 4 is 16.9 Å². The molecule has 0 saturated carbocycles. The van der Waals surface area contributed by atoms with Gasteiger partial charge < -0.3 is 5.73 Å². The molecule has 5 nitrogen and oxygen atoms in total. The maximum absolute atomic E-state index is 5.87. The molecule has 0 fully saturated rings. The fourth-order valence-corrected chi connectivity index (χ4v) is 1.96. The molecule has 84 valence electrons. The van der Waals surface area contributed by atoms with Crippen LogP contribution in [-0.2, 0) is 0 Å². The number of anilines is 1. The standard InChI is InChI=1S/C12H11N5/c1-8-6-17(9-3-2-4-14-5-9)12-10(8)11(13)15-7-16-12/h2-7H,1H3,(H2,13,15,16). The van der Waals surface area contributed by atoms with Crippen molar-refractivity contribution in [1.29, 1.82) is 0 Å². The Bertz CT molecular complexity index is 672. The van der Waals surface area contributed by atoms with Gasteiger partial charge in [-0.15, -0.1) is 0 Å². The molecule has 0 saturated heterocycles. The summed E-state index contributed by atoms with van der Waals surface area (Å²) in [5.41, 5.74) is 8.70. The van der Waals surface area contributed by atoms with Crippen LogP contribution in [0.15, 0.2) is 37.1 Å². The van der Waals surface area contributed by atoms with E-state index in [0.717, 1.165) is 22.3 Å². The number of aryl methyl sites for hydroxylation is 1. The quantitative estimate of drug-likeness (QED) is 0.684. The van der Waals surface area contributed by atoms with E-state index in [2.05, 4.69) is 15.0 Å². The number of fused-ring (bicyclic) bond motifs is 1. The minimum Gasteiger partial charge on any atom is -0.383 e. The van der Waals surface area contributed by atoms with Crippen LogP contribution in [0.2, 0.25) is 0 Å². The maximum atomic E-state index is 5.87. The van der Waals surface area contributed by atoms with E-state index in [1.165, 1.54) is 6.33 Å². The minimum absolute atomic E-state index is 0.509. The van der Waals surface area contributed by atoms with Crippen molar-refractivity contribution in [3.8, 4) is 5.69 Å². The Kier molecular flexibility index (Phi) is 2.04. The zero-order valence-corrected chi connectivity index (χ0v) is 9.33. The lowest BCUT2D eigenvalue weighted by Gasteiger charge is -2.03. The average Bonchev–Trinajstić information content (AvgIpc) is 2.69. The molecule has 0 aliphatic carbocycles. The summed E-state index contributed by atoms with van der Waals surface area (Å²) in [5, 5.41) is 0.899. The number of hydrogen-bond donors (Lipinski definition) is 1. The number of nitrogen functional groups attached to an aromatic ring is 1. The fourth-order valence-electron chi connectivity index (χ4n) is 1.96. The molecule has 0 bridgehead atoms. The molecule has 0 amide bonds. The first-order valence-electron chi connectivity index (χ1n) is 5.26. The van der Waals surface area contributed by atoms with E-state index in [-0.39, 0.29) is 0 Å². The van der Waals surface area contributed by atoms with Gasteiger partial charge in [-0.3, -0.25) is 9.55 Å². The summed E-state index contributed by atoms with van der Waals surface area (Å²) in [7, 11) is 0. The molecule has 3 rings (SSSR count). The third kappa shape index (κ3) is 1.44. The van der Waals surface area contributed by atoms with Crippen LogP contribution < -0.4 is 5.73 Å². The Morgan fingerprint density at radius 2 is 2.18 bits per heavy atom. The normalized spacial score (nSPS) is 10.9. The number of nitrogens with zero attached hydrogens (tertiary/aromatic N) is 4. The van der Waals surface area contributed by atoms with Gasteiger partial charge in [0, 0.05) is 12.4 Å². The molecule has 0 unspecified atom stereocenters. The second-order valence-corrected chi connectivity index (χ2v) is 3.85. The Morgan fingerprint density at radius 3 is 2.94 bits per heavy atom. The van der Waals surface area contributed by atoms with Gasteiger partial charge in [-0.05, 0) is 24.6 Å². The summed E-state index contributed by atoms with van der Waals surface area (Å²) in [6.07, 6.45) is 7.00. The van der Waals surface area contributed by atoms with Gasteiger partial charge in [0.05, 0.1) is 17.3 Å². The first-order chi connectivity index (χ1) is 8.27. The molecule has 0 spiro atoms. The summed E-state index contributed by atoms with van der Waals surface area (Å²) in [5.74, 6) is 0.509. The van der Waals surface area contributed by atoms with Crippen molar-refractivity contribution in [2.24, 2.45) is 0 Å². The van der Waals surface area contributed by atoms with Crippen LogP contribution in [0.3, 0.4) is 0 Å². The monoisotopic (exact) mass is 225 g/mol. The van der Waals surface area contributed by atoms with Crippen molar-refractivity contribution in [3.63, 3.8) is 0 Å². The van der Waals surface area contributed by atoms with E-state index in [4.69, 9.17) is 5.73 Å². The van der Waals surface area contributed by atoms with Crippen molar-refractivity contribution in [2.45, 2.75) is 6.92 Å². The smallest absolute Gasteiger partial charge is 0.150 e. The molecule has 2 N–H and O–H groups in total. The summed E-state index contributed by atoms with van der Waals surface area (Å²) in [4.78, 5) is 12.4. The maximum Gasteiger partial charge on any atom is 0.150 e. The van der Waals surface area contributed by atoms with E-state index in [1.807, 2.05) is 29.8 Å². The molecule has 0 aliphatic rings. The largest absolute Gasteiger partial charge is 0.383 e. The minimum atomic E-state index is 0.509. The van der Waals surface area contributed by atoms with Crippen LogP contribution in [0.25, 0.3) is 16.7 Å². The van der Waals surface area contributed by atoms with E-state index in [1.54, 1.807) is 12.4 Å². The van der Waals surface area contributed by atoms with Crippen molar-refractivity contribution in [1.82, 2.24) is 19.5 Å². The van der Waals surface area contributed by atoms with Crippen LogP contribution in [0, 0.1) is 6.92 Å². The van der Waals surface area contributed by atoms with Crippen LogP contribution in [0.5, 0.6) is 0 Å². The average molecular weight is 225 g/mol. The molecule has 0 aromatic carbocycles. The lowest BCUT2D eigenvalue weighted by Crippen LogP contribution is -1.97. The highest BCUT2D eigenvalue weighted by Gasteiger charge is 2.11. The number of pyridine rings is 1. The first-order valence-corrected chi connectivity index (χ1v) is 5.26. The van der Waals surface area contributed by atoms with Gasteiger partial charge in [-0.25, -0.2) is 9.97 Å². The lowest BCUT2D eigenvalue weighted by atomic mass is 10.2. The second kappa shape index (κ2) is 3.55. The number of aromatic nitrogens is 4. The highest BCUT2D eigenvalue weighted by atomic mass is 15.1. The summed E-state index contributed by atoms with van der Waals surface area (Å²) in [6, 6.07) is 3.87. The van der Waals surface area contributed by atoms with E-state index >= 15 is 0 Å². The molecule has 3 aromatic heterocycles. The van der Waals surface area contributed by atoms with Crippen LogP contribution in [0.4, 0.5) is 5.82 Å². The van der Waals surface area contributed by atoms with Gasteiger partial charge in [-0.1, -0.05) is 0 Å². The van der Waals surface area contributed by atoms with Gasteiger partial charge in [0.2, 0.25) is 0 Å². The van der Waals surface area contributed by atoms with Crippen LogP contribution >= 0.6 is 0 Å². The molecule has 17 heavy (non-hydrogen) atoms. The number of rotatable bonds is 1. The Morgan fingerprint density at radius 1 is 1.29 bits per heavy atom. The van der Waals surface area contributed by atoms with E-state index < -0.39 is 0 Å². The molecular formula is C12H11N5. The van der Waals surface area contributed by atoms with Crippen LogP contribution in [-0.4, -0.2) is 19.5 Å². The molecular weight excluding hydrogens is 214 g/mol. The number of hydrogen-bond acceptors (Lipinski definition) is 4. The van der Waals surface area contributed by atoms with Gasteiger partial charge in [0.15, 0.2) is 0 Å². The van der Waals surface area contributed by atoms with Gasteiger partial charge in [0.1, 0.15) is 17.8 Å². The number of nitrogens with two attached hydrogens (primary N) is 1. The Balaban J connectivity index is 2.36. The molecule has 3 aromatic rings. The first kappa shape index (κ1) is 9.77. The van der Waals surface area contributed by atoms with E-state index in [0.29, 0.717) is 5.82 Å². The van der Waals surface area contributed by atoms with Crippen molar-refractivity contribution < 1.29 is 0 Å². The third-order valence-corrected chi connectivity index (χ3v) is 2.73. The predicted molar refractivity (Wildman–Crippen MR) is 65.8 cm³/mol. The molecule has 0 aliphatic heterocycles.